The Morgan fingerprint density at radius 1 is 1.31 bits per heavy atom. The van der Waals surface area contributed by atoms with Gasteiger partial charge in [-0.25, -0.2) is 0 Å². The second-order valence-corrected chi connectivity index (χ2v) is 4.60. The lowest BCUT2D eigenvalue weighted by Gasteiger charge is -2.17. The minimum Gasteiger partial charge on any atom is -0.380 e. The highest BCUT2D eigenvalue weighted by Gasteiger charge is 2.15. The van der Waals surface area contributed by atoms with Crippen molar-refractivity contribution in [1.82, 2.24) is 0 Å². The van der Waals surface area contributed by atoms with Crippen LogP contribution in [-0.4, -0.2) is 19.3 Å². The first-order chi connectivity index (χ1) is 6.20. The molecule has 0 aromatic heterocycles. The SMILES string of the molecule is CC(C)C(N)COCC1CCCC1. The van der Waals surface area contributed by atoms with Gasteiger partial charge in [-0.15, -0.1) is 0 Å². The van der Waals surface area contributed by atoms with Crippen molar-refractivity contribution in [3.63, 3.8) is 0 Å². The second kappa shape index (κ2) is 5.61. The first-order valence-corrected chi connectivity index (χ1v) is 5.53. The van der Waals surface area contributed by atoms with Crippen LogP contribution in [0.3, 0.4) is 0 Å². The molecule has 1 unspecified atom stereocenters. The van der Waals surface area contributed by atoms with E-state index in [9.17, 15) is 0 Å². The van der Waals surface area contributed by atoms with Crippen LogP contribution in [0.25, 0.3) is 0 Å². The van der Waals surface area contributed by atoms with Gasteiger partial charge in [0, 0.05) is 12.6 Å². The summed E-state index contributed by atoms with van der Waals surface area (Å²) in [4.78, 5) is 0. The lowest BCUT2D eigenvalue weighted by atomic mass is 10.1. The van der Waals surface area contributed by atoms with Crippen molar-refractivity contribution in [3.8, 4) is 0 Å². The molecule has 0 bridgehead atoms. The van der Waals surface area contributed by atoms with Crippen LogP contribution in [0.1, 0.15) is 39.5 Å². The highest BCUT2D eigenvalue weighted by atomic mass is 16.5. The van der Waals surface area contributed by atoms with E-state index in [4.69, 9.17) is 10.5 Å². The predicted molar refractivity (Wildman–Crippen MR) is 55.6 cm³/mol. The van der Waals surface area contributed by atoms with E-state index in [0.717, 1.165) is 19.1 Å². The van der Waals surface area contributed by atoms with Crippen molar-refractivity contribution in [2.45, 2.75) is 45.6 Å². The van der Waals surface area contributed by atoms with Crippen molar-refractivity contribution in [3.05, 3.63) is 0 Å². The van der Waals surface area contributed by atoms with Gasteiger partial charge in [-0.1, -0.05) is 26.7 Å². The molecule has 2 N–H and O–H groups in total. The summed E-state index contributed by atoms with van der Waals surface area (Å²) in [5, 5.41) is 0. The predicted octanol–water partition coefficient (Wildman–Crippen LogP) is 2.18. The first kappa shape index (κ1) is 11.0. The Morgan fingerprint density at radius 2 is 1.92 bits per heavy atom. The van der Waals surface area contributed by atoms with Crippen LogP contribution in [0.15, 0.2) is 0 Å². The van der Waals surface area contributed by atoms with Crippen LogP contribution in [-0.2, 0) is 4.74 Å². The zero-order valence-electron chi connectivity index (χ0n) is 8.96. The zero-order valence-corrected chi connectivity index (χ0v) is 8.96. The van der Waals surface area contributed by atoms with Gasteiger partial charge < -0.3 is 10.5 Å². The molecule has 1 aliphatic carbocycles. The van der Waals surface area contributed by atoms with Gasteiger partial charge in [-0.2, -0.15) is 0 Å². The fourth-order valence-corrected chi connectivity index (χ4v) is 1.74. The Labute approximate surface area is 81.8 Å². The molecule has 0 saturated heterocycles. The third-order valence-electron chi connectivity index (χ3n) is 2.99. The topological polar surface area (TPSA) is 35.2 Å². The molecule has 0 heterocycles. The summed E-state index contributed by atoms with van der Waals surface area (Å²) in [5.41, 5.74) is 5.88. The highest BCUT2D eigenvalue weighted by molar-refractivity contribution is 4.68. The molecule has 2 nitrogen and oxygen atoms in total. The van der Waals surface area contributed by atoms with Crippen molar-refractivity contribution in [1.29, 1.82) is 0 Å². The third kappa shape index (κ3) is 4.10. The molecule has 0 amide bonds. The molecule has 0 aromatic carbocycles. The van der Waals surface area contributed by atoms with E-state index in [-0.39, 0.29) is 6.04 Å². The van der Waals surface area contributed by atoms with Crippen molar-refractivity contribution >= 4 is 0 Å². The molecule has 0 radical (unpaired) electrons. The normalized spacial score (nSPS) is 21.2. The molecular formula is C11H23NO. The van der Waals surface area contributed by atoms with Gasteiger partial charge in [0.25, 0.3) is 0 Å². The molecule has 1 aliphatic rings. The summed E-state index contributed by atoms with van der Waals surface area (Å²) in [6, 6.07) is 0.210. The van der Waals surface area contributed by atoms with Gasteiger partial charge in [-0.3, -0.25) is 0 Å². The van der Waals surface area contributed by atoms with Crippen LogP contribution in [0, 0.1) is 11.8 Å². The molecule has 78 valence electrons. The molecule has 2 heteroatoms. The fourth-order valence-electron chi connectivity index (χ4n) is 1.74. The molecule has 0 spiro atoms. The molecule has 1 atom stereocenters. The van der Waals surface area contributed by atoms with E-state index in [1.165, 1.54) is 25.7 Å². The summed E-state index contributed by atoms with van der Waals surface area (Å²) in [6.07, 6.45) is 5.50. The smallest absolute Gasteiger partial charge is 0.0620 e. The van der Waals surface area contributed by atoms with Gasteiger partial charge in [-0.05, 0) is 24.7 Å². The van der Waals surface area contributed by atoms with Crippen LogP contribution in [0.4, 0.5) is 0 Å². The molecular weight excluding hydrogens is 162 g/mol. The summed E-state index contributed by atoms with van der Waals surface area (Å²) in [7, 11) is 0. The molecule has 0 aromatic rings. The highest BCUT2D eigenvalue weighted by Crippen LogP contribution is 2.24. The van der Waals surface area contributed by atoms with Gasteiger partial charge in [0.2, 0.25) is 0 Å². The van der Waals surface area contributed by atoms with Crippen LogP contribution in [0.2, 0.25) is 0 Å². The number of ether oxygens (including phenoxy) is 1. The number of nitrogens with two attached hydrogens (primary N) is 1. The van der Waals surface area contributed by atoms with E-state index in [1.807, 2.05) is 0 Å². The van der Waals surface area contributed by atoms with Crippen molar-refractivity contribution in [2.75, 3.05) is 13.2 Å². The number of hydrogen-bond acceptors (Lipinski definition) is 2. The van der Waals surface area contributed by atoms with Gasteiger partial charge in [0.1, 0.15) is 0 Å². The molecule has 1 fully saturated rings. The van der Waals surface area contributed by atoms with Crippen LogP contribution >= 0.6 is 0 Å². The quantitative estimate of drug-likeness (QED) is 0.712. The van der Waals surface area contributed by atoms with Gasteiger partial charge in [0.15, 0.2) is 0 Å². The summed E-state index contributed by atoms with van der Waals surface area (Å²) in [5.74, 6) is 1.35. The van der Waals surface area contributed by atoms with E-state index in [0.29, 0.717) is 5.92 Å². The maximum atomic E-state index is 5.88. The maximum absolute atomic E-state index is 5.88. The first-order valence-electron chi connectivity index (χ1n) is 5.53. The maximum Gasteiger partial charge on any atom is 0.0620 e. The van der Waals surface area contributed by atoms with Gasteiger partial charge in [0.05, 0.1) is 6.61 Å². The van der Waals surface area contributed by atoms with E-state index >= 15 is 0 Å². The summed E-state index contributed by atoms with van der Waals surface area (Å²) in [6.45, 7) is 5.95. The minimum atomic E-state index is 0.210. The van der Waals surface area contributed by atoms with Crippen LogP contribution < -0.4 is 5.73 Å². The monoisotopic (exact) mass is 185 g/mol. The Kier molecular flexibility index (Phi) is 4.74. The van der Waals surface area contributed by atoms with E-state index in [1.54, 1.807) is 0 Å². The van der Waals surface area contributed by atoms with E-state index in [2.05, 4.69) is 13.8 Å². The van der Waals surface area contributed by atoms with E-state index < -0.39 is 0 Å². The molecule has 1 saturated carbocycles. The average Bonchev–Trinajstić information content (AvgIpc) is 2.56. The molecule has 0 aliphatic heterocycles. The fraction of sp³-hybridized carbons (Fsp3) is 1.00. The number of hydrogen-bond donors (Lipinski definition) is 1. The summed E-state index contributed by atoms with van der Waals surface area (Å²) < 4.78 is 5.62. The zero-order chi connectivity index (χ0) is 9.68. The Bertz CT molecular complexity index is 128. The Balaban J connectivity index is 1.99. The minimum absolute atomic E-state index is 0.210. The lowest BCUT2D eigenvalue weighted by molar-refractivity contribution is 0.0818. The van der Waals surface area contributed by atoms with Gasteiger partial charge >= 0.3 is 0 Å². The molecule has 13 heavy (non-hydrogen) atoms. The van der Waals surface area contributed by atoms with Crippen molar-refractivity contribution in [2.24, 2.45) is 17.6 Å². The lowest BCUT2D eigenvalue weighted by Crippen LogP contribution is -2.32. The Morgan fingerprint density at radius 3 is 2.46 bits per heavy atom. The third-order valence-corrected chi connectivity index (χ3v) is 2.99. The molecule has 1 rings (SSSR count). The largest absolute Gasteiger partial charge is 0.380 e. The van der Waals surface area contributed by atoms with Crippen LogP contribution in [0.5, 0.6) is 0 Å². The number of rotatable bonds is 5. The van der Waals surface area contributed by atoms with Crippen molar-refractivity contribution < 1.29 is 4.74 Å². The Hall–Kier alpha value is -0.0800. The summed E-state index contributed by atoms with van der Waals surface area (Å²) >= 11 is 0. The second-order valence-electron chi connectivity index (χ2n) is 4.60. The standard InChI is InChI=1S/C11H23NO/c1-9(2)11(12)8-13-7-10-5-3-4-6-10/h9-11H,3-8,12H2,1-2H3. The average molecular weight is 185 g/mol.